The number of fused-ring (bicyclic) bond motifs is 1. The van der Waals surface area contributed by atoms with E-state index in [1.807, 2.05) is 37.4 Å². The molecule has 4 heteroatoms. The third-order valence-electron chi connectivity index (χ3n) is 3.02. The van der Waals surface area contributed by atoms with E-state index in [9.17, 15) is 4.79 Å². The number of nitrogens with one attached hydrogen (secondary N) is 2. The summed E-state index contributed by atoms with van der Waals surface area (Å²) >= 11 is 0. The number of benzene rings is 1. The smallest absolute Gasteiger partial charge is 0.237 e. The average Bonchev–Trinajstić information content (AvgIpc) is 2.79. The lowest BCUT2D eigenvalue weighted by Gasteiger charge is -2.11. The van der Waals surface area contributed by atoms with E-state index in [-0.39, 0.29) is 5.91 Å². The van der Waals surface area contributed by atoms with Gasteiger partial charge in [-0.15, -0.1) is 0 Å². The normalized spacial score (nSPS) is 12.3. The summed E-state index contributed by atoms with van der Waals surface area (Å²) < 4.78 is 0. The molecular weight excluding hydrogens is 238 g/mol. The maximum absolute atomic E-state index is 11.8. The molecule has 0 aliphatic carbocycles. The molecule has 2 aromatic rings. The Morgan fingerprint density at radius 1 is 1.47 bits per heavy atom. The Bertz CT molecular complexity index is 600. The van der Waals surface area contributed by atoms with Crippen molar-refractivity contribution in [3.05, 3.63) is 48.2 Å². The molecule has 1 heterocycles. The van der Waals surface area contributed by atoms with Crippen molar-refractivity contribution < 1.29 is 4.79 Å². The quantitative estimate of drug-likeness (QED) is 0.714. The van der Waals surface area contributed by atoms with Crippen molar-refractivity contribution in [1.29, 1.82) is 0 Å². The lowest BCUT2D eigenvalue weighted by atomic mass is 10.1. The zero-order valence-electron chi connectivity index (χ0n) is 11.1. The van der Waals surface area contributed by atoms with Crippen LogP contribution in [-0.4, -0.2) is 23.5 Å². The van der Waals surface area contributed by atoms with Crippen molar-refractivity contribution in [2.45, 2.75) is 19.4 Å². The van der Waals surface area contributed by atoms with Gasteiger partial charge in [0.2, 0.25) is 5.91 Å². The lowest BCUT2D eigenvalue weighted by Crippen LogP contribution is -2.42. The number of hydrogen-bond acceptors (Lipinski definition) is 2. The highest BCUT2D eigenvalue weighted by Crippen LogP contribution is 2.18. The van der Waals surface area contributed by atoms with E-state index in [0.717, 1.165) is 22.0 Å². The van der Waals surface area contributed by atoms with E-state index in [0.29, 0.717) is 13.0 Å². The molecule has 0 aliphatic rings. The Labute approximate surface area is 112 Å². The summed E-state index contributed by atoms with van der Waals surface area (Å²) in [5, 5.41) is 3.89. The molecule has 1 aromatic heterocycles. The third kappa shape index (κ3) is 3.23. The molecule has 0 aliphatic heterocycles. The van der Waals surface area contributed by atoms with Crippen LogP contribution in [0.25, 0.3) is 10.9 Å². The number of rotatable bonds is 5. The van der Waals surface area contributed by atoms with Gasteiger partial charge in [-0.25, -0.2) is 0 Å². The standard InChI is InChI=1S/C15H19N3O/c1-10(2)8-18-15(19)13(16)7-11-9-17-14-6-4-3-5-12(11)14/h3-6,9,13,17H,1,7-8,16H2,2H3,(H,18,19). The van der Waals surface area contributed by atoms with Gasteiger partial charge >= 0.3 is 0 Å². The SMILES string of the molecule is C=C(C)CNC(=O)C(N)Cc1c[nH]c2ccccc12. The molecule has 0 saturated heterocycles. The second-order valence-electron chi connectivity index (χ2n) is 4.85. The molecule has 0 spiro atoms. The van der Waals surface area contributed by atoms with E-state index < -0.39 is 6.04 Å². The molecule has 100 valence electrons. The molecule has 1 aromatic carbocycles. The van der Waals surface area contributed by atoms with Gasteiger partial charge in [0.15, 0.2) is 0 Å². The maximum atomic E-state index is 11.8. The Hall–Kier alpha value is -2.07. The van der Waals surface area contributed by atoms with Crippen molar-refractivity contribution in [3.8, 4) is 0 Å². The number of hydrogen-bond donors (Lipinski definition) is 3. The van der Waals surface area contributed by atoms with Crippen LogP contribution < -0.4 is 11.1 Å². The maximum Gasteiger partial charge on any atom is 0.237 e. The molecule has 4 N–H and O–H groups in total. The third-order valence-corrected chi connectivity index (χ3v) is 3.02. The fourth-order valence-electron chi connectivity index (χ4n) is 2.00. The summed E-state index contributed by atoms with van der Waals surface area (Å²) in [4.78, 5) is 15.0. The van der Waals surface area contributed by atoms with Gasteiger partial charge in [-0.1, -0.05) is 30.4 Å². The first kappa shape index (κ1) is 13.4. The van der Waals surface area contributed by atoms with Crippen LogP contribution >= 0.6 is 0 Å². The Kier molecular flexibility index (Phi) is 4.02. The first-order chi connectivity index (χ1) is 9.08. The van der Waals surface area contributed by atoms with Crippen LogP contribution in [-0.2, 0) is 11.2 Å². The van der Waals surface area contributed by atoms with E-state index in [2.05, 4.69) is 16.9 Å². The van der Waals surface area contributed by atoms with Crippen LogP contribution in [0.2, 0.25) is 0 Å². The van der Waals surface area contributed by atoms with Crippen LogP contribution in [0, 0.1) is 0 Å². The molecular formula is C15H19N3O. The molecule has 0 bridgehead atoms. The molecule has 2 rings (SSSR count). The number of carbonyl (C=O) groups is 1. The Morgan fingerprint density at radius 2 is 2.21 bits per heavy atom. The molecule has 0 saturated carbocycles. The second kappa shape index (κ2) is 5.71. The summed E-state index contributed by atoms with van der Waals surface area (Å²) in [6.45, 7) is 6.08. The van der Waals surface area contributed by atoms with Crippen molar-refractivity contribution in [3.63, 3.8) is 0 Å². The Morgan fingerprint density at radius 3 is 2.95 bits per heavy atom. The van der Waals surface area contributed by atoms with E-state index in [4.69, 9.17) is 5.73 Å². The number of nitrogens with two attached hydrogens (primary N) is 1. The van der Waals surface area contributed by atoms with Gasteiger partial charge in [0.05, 0.1) is 6.04 Å². The minimum atomic E-state index is -0.543. The molecule has 1 atom stereocenters. The summed E-state index contributed by atoms with van der Waals surface area (Å²) in [6.07, 6.45) is 2.43. The highest BCUT2D eigenvalue weighted by molar-refractivity contribution is 5.86. The second-order valence-corrected chi connectivity index (χ2v) is 4.85. The number of aromatic nitrogens is 1. The minimum Gasteiger partial charge on any atom is -0.361 e. The van der Waals surface area contributed by atoms with Crippen LogP contribution in [0.5, 0.6) is 0 Å². The summed E-state index contributed by atoms with van der Waals surface area (Å²) in [6, 6.07) is 7.44. The summed E-state index contributed by atoms with van der Waals surface area (Å²) in [7, 11) is 0. The predicted molar refractivity (Wildman–Crippen MR) is 77.8 cm³/mol. The highest BCUT2D eigenvalue weighted by Gasteiger charge is 2.15. The zero-order chi connectivity index (χ0) is 13.8. The number of para-hydroxylation sites is 1. The largest absolute Gasteiger partial charge is 0.361 e. The van der Waals surface area contributed by atoms with Crippen molar-refractivity contribution in [1.82, 2.24) is 10.3 Å². The summed E-state index contributed by atoms with van der Waals surface area (Å²) in [5.41, 5.74) is 8.97. The van der Waals surface area contributed by atoms with Crippen molar-refractivity contribution in [2.75, 3.05) is 6.54 Å². The van der Waals surface area contributed by atoms with Gasteiger partial charge < -0.3 is 16.0 Å². The van der Waals surface area contributed by atoms with Crippen LogP contribution in [0.4, 0.5) is 0 Å². The first-order valence-electron chi connectivity index (χ1n) is 6.30. The number of H-pyrrole nitrogens is 1. The molecule has 1 amide bonds. The molecule has 1 unspecified atom stereocenters. The lowest BCUT2D eigenvalue weighted by molar-refractivity contribution is -0.122. The number of carbonyl (C=O) groups excluding carboxylic acids is 1. The van der Waals surface area contributed by atoms with Crippen LogP contribution in [0.3, 0.4) is 0 Å². The predicted octanol–water partition coefficient (Wildman–Crippen LogP) is 1.73. The molecule has 4 nitrogen and oxygen atoms in total. The monoisotopic (exact) mass is 257 g/mol. The topological polar surface area (TPSA) is 70.9 Å². The fraction of sp³-hybridized carbons (Fsp3) is 0.267. The van der Waals surface area contributed by atoms with Gasteiger partial charge in [0.1, 0.15) is 0 Å². The molecule has 0 fully saturated rings. The first-order valence-corrected chi connectivity index (χ1v) is 6.30. The van der Waals surface area contributed by atoms with Gasteiger partial charge in [-0.05, 0) is 25.0 Å². The van der Waals surface area contributed by atoms with Crippen molar-refractivity contribution >= 4 is 16.8 Å². The van der Waals surface area contributed by atoms with Gasteiger partial charge in [0.25, 0.3) is 0 Å². The van der Waals surface area contributed by atoms with Gasteiger partial charge in [-0.3, -0.25) is 4.79 Å². The van der Waals surface area contributed by atoms with E-state index in [1.165, 1.54) is 0 Å². The molecule has 19 heavy (non-hydrogen) atoms. The number of amides is 1. The minimum absolute atomic E-state index is 0.145. The van der Waals surface area contributed by atoms with E-state index >= 15 is 0 Å². The van der Waals surface area contributed by atoms with Gasteiger partial charge in [0, 0.05) is 23.6 Å². The summed E-state index contributed by atoms with van der Waals surface area (Å²) in [5.74, 6) is -0.145. The van der Waals surface area contributed by atoms with Gasteiger partial charge in [-0.2, -0.15) is 0 Å². The van der Waals surface area contributed by atoms with Crippen molar-refractivity contribution in [2.24, 2.45) is 5.73 Å². The van der Waals surface area contributed by atoms with Crippen LogP contribution in [0.15, 0.2) is 42.6 Å². The highest BCUT2D eigenvalue weighted by atomic mass is 16.2. The number of aromatic amines is 1. The Balaban J connectivity index is 2.04. The zero-order valence-corrected chi connectivity index (χ0v) is 11.1. The van der Waals surface area contributed by atoms with E-state index in [1.54, 1.807) is 0 Å². The van der Waals surface area contributed by atoms with Crippen LogP contribution in [0.1, 0.15) is 12.5 Å². The molecule has 0 radical (unpaired) electrons. The fourth-order valence-corrected chi connectivity index (χ4v) is 2.00. The average molecular weight is 257 g/mol.